The highest BCUT2D eigenvalue weighted by Crippen LogP contribution is 2.39. The molecule has 1 amide bonds. The molecule has 1 heterocycles. The Morgan fingerprint density at radius 3 is 2.48 bits per heavy atom. The Bertz CT molecular complexity index is 659. The summed E-state index contributed by atoms with van der Waals surface area (Å²) >= 11 is 0. The van der Waals surface area contributed by atoms with Crippen LogP contribution in [0.3, 0.4) is 0 Å². The molecule has 150 valence electrons. The third kappa shape index (κ3) is 4.63. The average molecular weight is 383 g/mol. The molecule has 3 rings (SSSR count). The van der Waals surface area contributed by atoms with Crippen molar-refractivity contribution in [3.05, 3.63) is 35.4 Å². The van der Waals surface area contributed by atoms with E-state index in [-0.39, 0.29) is 17.9 Å². The molecule has 27 heavy (non-hydrogen) atoms. The first-order valence-electron chi connectivity index (χ1n) is 9.59. The molecular formula is C20H28F3N3O. The highest BCUT2D eigenvalue weighted by Gasteiger charge is 2.43. The molecule has 7 heteroatoms. The van der Waals surface area contributed by atoms with E-state index in [0.717, 1.165) is 43.6 Å². The van der Waals surface area contributed by atoms with Crippen molar-refractivity contribution in [2.75, 3.05) is 13.1 Å². The molecule has 4 atom stereocenters. The first kappa shape index (κ1) is 20.1. The molecule has 2 fully saturated rings. The topological polar surface area (TPSA) is 58.4 Å². The SMILES string of the molecule is CC(C)[C@H](N)C(=O)N[C@H]1CC[C@@H]2CN(Cc3ccc(C(F)(F)F)cc3)C[C@@H]21. The summed E-state index contributed by atoms with van der Waals surface area (Å²) in [5.74, 6) is 0.932. The minimum absolute atomic E-state index is 0.0863. The molecule has 2 aliphatic rings. The molecule has 4 nitrogen and oxygen atoms in total. The second kappa shape index (κ2) is 7.80. The van der Waals surface area contributed by atoms with E-state index >= 15 is 0 Å². The van der Waals surface area contributed by atoms with Gasteiger partial charge in [0.05, 0.1) is 11.6 Å². The number of nitrogens with zero attached hydrogens (tertiary/aromatic N) is 1. The summed E-state index contributed by atoms with van der Waals surface area (Å²) in [5, 5.41) is 3.12. The van der Waals surface area contributed by atoms with Crippen molar-refractivity contribution in [3.63, 3.8) is 0 Å². The van der Waals surface area contributed by atoms with Gasteiger partial charge in [0.1, 0.15) is 0 Å². The quantitative estimate of drug-likeness (QED) is 0.822. The maximum absolute atomic E-state index is 12.7. The fraction of sp³-hybridized carbons (Fsp3) is 0.650. The fourth-order valence-electron chi connectivity index (χ4n) is 4.30. The van der Waals surface area contributed by atoms with Gasteiger partial charge in [0, 0.05) is 25.7 Å². The first-order chi connectivity index (χ1) is 12.6. The lowest BCUT2D eigenvalue weighted by atomic mass is 9.97. The van der Waals surface area contributed by atoms with Gasteiger partial charge in [0.2, 0.25) is 5.91 Å². The Morgan fingerprint density at radius 1 is 1.22 bits per heavy atom. The van der Waals surface area contributed by atoms with Crippen LogP contribution in [-0.2, 0) is 17.5 Å². The zero-order chi connectivity index (χ0) is 19.8. The number of hydrogen-bond donors (Lipinski definition) is 2. The predicted molar refractivity (Wildman–Crippen MR) is 97.7 cm³/mol. The van der Waals surface area contributed by atoms with Crippen molar-refractivity contribution < 1.29 is 18.0 Å². The molecule has 3 N–H and O–H groups in total. The number of alkyl halides is 3. The third-order valence-corrected chi connectivity index (χ3v) is 5.97. The van der Waals surface area contributed by atoms with Crippen LogP contribution in [0.25, 0.3) is 0 Å². The second-order valence-electron chi connectivity index (χ2n) is 8.27. The molecule has 1 saturated carbocycles. The number of nitrogens with two attached hydrogens (primary N) is 1. The van der Waals surface area contributed by atoms with Crippen LogP contribution in [0.15, 0.2) is 24.3 Å². The monoisotopic (exact) mass is 383 g/mol. The summed E-state index contributed by atoms with van der Waals surface area (Å²) < 4.78 is 38.0. The number of carbonyl (C=O) groups excluding carboxylic acids is 1. The Hall–Kier alpha value is -1.60. The maximum atomic E-state index is 12.7. The summed E-state index contributed by atoms with van der Waals surface area (Å²) in [7, 11) is 0. The minimum atomic E-state index is -4.30. The summed E-state index contributed by atoms with van der Waals surface area (Å²) in [6, 6.07) is 5.04. The van der Waals surface area contributed by atoms with Crippen LogP contribution in [0.5, 0.6) is 0 Å². The number of fused-ring (bicyclic) bond motifs is 1. The number of likely N-dealkylation sites (tertiary alicyclic amines) is 1. The number of hydrogen-bond acceptors (Lipinski definition) is 3. The van der Waals surface area contributed by atoms with E-state index in [2.05, 4.69) is 10.2 Å². The molecule has 0 radical (unpaired) electrons. The summed E-state index contributed by atoms with van der Waals surface area (Å²) in [5.41, 5.74) is 6.21. The summed E-state index contributed by atoms with van der Waals surface area (Å²) in [4.78, 5) is 14.5. The standard InChI is InChI=1S/C20H28F3N3O/c1-12(2)18(24)19(27)25-17-8-5-14-10-26(11-16(14)17)9-13-3-6-15(7-4-13)20(21,22)23/h3-4,6-7,12,14,16-18H,5,8-11,24H2,1-2H3,(H,25,27)/t14-,16+,17+,18+/m1/s1. The second-order valence-corrected chi connectivity index (χ2v) is 8.27. The van der Waals surface area contributed by atoms with E-state index in [9.17, 15) is 18.0 Å². The van der Waals surface area contributed by atoms with Gasteiger partial charge in [0.15, 0.2) is 0 Å². The molecule has 0 spiro atoms. The van der Waals surface area contributed by atoms with Crippen molar-refractivity contribution >= 4 is 5.91 Å². The van der Waals surface area contributed by atoms with Crippen LogP contribution in [0.1, 0.15) is 37.8 Å². The van der Waals surface area contributed by atoms with Crippen LogP contribution in [0.4, 0.5) is 13.2 Å². The van der Waals surface area contributed by atoms with Gasteiger partial charge in [0.25, 0.3) is 0 Å². The number of benzene rings is 1. The zero-order valence-electron chi connectivity index (χ0n) is 15.8. The van der Waals surface area contributed by atoms with E-state index < -0.39 is 17.8 Å². The molecule has 1 aromatic carbocycles. The Labute approximate surface area is 158 Å². The maximum Gasteiger partial charge on any atom is 0.416 e. The smallest absolute Gasteiger partial charge is 0.352 e. The summed E-state index contributed by atoms with van der Waals surface area (Å²) in [6.07, 6.45) is -2.26. The lowest BCUT2D eigenvalue weighted by molar-refractivity contribution is -0.137. The Kier molecular flexibility index (Phi) is 5.82. The van der Waals surface area contributed by atoms with Crippen molar-refractivity contribution in [1.29, 1.82) is 0 Å². The predicted octanol–water partition coefficient (Wildman–Crippen LogP) is 3.02. The number of carbonyl (C=O) groups is 1. The Balaban J connectivity index is 1.56. The first-order valence-corrected chi connectivity index (χ1v) is 9.59. The number of amides is 1. The lowest BCUT2D eigenvalue weighted by Crippen LogP contribution is -2.49. The van der Waals surface area contributed by atoms with E-state index in [4.69, 9.17) is 5.73 Å². The molecule has 0 unspecified atom stereocenters. The average Bonchev–Trinajstić information content (AvgIpc) is 3.15. The number of rotatable bonds is 5. The van der Waals surface area contributed by atoms with E-state index in [1.54, 1.807) is 12.1 Å². The molecule has 1 aliphatic carbocycles. The van der Waals surface area contributed by atoms with Crippen LogP contribution in [-0.4, -0.2) is 36.0 Å². The van der Waals surface area contributed by atoms with E-state index in [1.807, 2.05) is 13.8 Å². The van der Waals surface area contributed by atoms with Crippen molar-refractivity contribution in [1.82, 2.24) is 10.2 Å². The van der Waals surface area contributed by atoms with Gasteiger partial charge in [-0.2, -0.15) is 13.2 Å². The van der Waals surface area contributed by atoms with Gasteiger partial charge >= 0.3 is 6.18 Å². The fourth-order valence-corrected chi connectivity index (χ4v) is 4.30. The molecule has 1 aromatic rings. The molecule has 0 aromatic heterocycles. The van der Waals surface area contributed by atoms with Crippen LogP contribution in [0, 0.1) is 17.8 Å². The van der Waals surface area contributed by atoms with Crippen molar-refractivity contribution in [2.45, 2.75) is 51.5 Å². The van der Waals surface area contributed by atoms with Gasteiger partial charge in [-0.1, -0.05) is 26.0 Å². The molecular weight excluding hydrogens is 355 g/mol. The van der Waals surface area contributed by atoms with Crippen LogP contribution in [0.2, 0.25) is 0 Å². The van der Waals surface area contributed by atoms with E-state index in [1.165, 1.54) is 0 Å². The van der Waals surface area contributed by atoms with Crippen LogP contribution < -0.4 is 11.1 Å². The molecule has 1 aliphatic heterocycles. The van der Waals surface area contributed by atoms with Gasteiger partial charge in [-0.05, 0) is 48.3 Å². The van der Waals surface area contributed by atoms with Gasteiger partial charge in [-0.3, -0.25) is 9.69 Å². The lowest BCUT2D eigenvalue weighted by Gasteiger charge is -2.24. The number of halogens is 3. The minimum Gasteiger partial charge on any atom is -0.352 e. The molecule has 0 bridgehead atoms. The molecule has 1 saturated heterocycles. The van der Waals surface area contributed by atoms with Crippen LogP contribution >= 0.6 is 0 Å². The van der Waals surface area contributed by atoms with Crippen molar-refractivity contribution in [3.8, 4) is 0 Å². The zero-order valence-corrected chi connectivity index (χ0v) is 15.8. The van der Waals surface area contributed by atoms with Gasteiger partial charge in [-0.25, -0.2) is 0 Å². The van der Waals surface area contributed by atoms with E-state index in [0.29, 0.717) is 18.4 Å². The number of nitrogens with one attached hydrogen (secondary N) is 1. The Morgan fingerprint density at radius 2 is 1.89 bits per heavy atom. The van der Waals surface area contributed by atoms with Gasteiger partial charge < -0.3 is 11.1 Å². The third-order valence-electron chi connectivity index (χ3n) is 5.97. The largest absolute Gasteiger partial charge is 0.416 e. The normalized spacial score (nSPS) is 27.0. The highest BCUT2D eigenvalue weighted by molar-refractivity contribution is 5.82. The summed E-state index contributed by atoms with van der Waals surface area (Å²) in [6.45, 7) is 6.28. The van der Waals surface area contributed by atoms with Gasteiger partial charge in [-0.15, -0.1) is 0 Å². The highest BCUT2D eigenvalue weighted by atomic mass is 19.4. The van der Waals surface area contributed by atoms with Crippen molar-refractivity contribution in [2.24, 2.45) is 23.5 Å².